The summed E-state index contributed by atoms with van der Waals surface area (Å²) in [5.74, 6) is -0.221. The second-order valence-corrected chi connectivity index (χ2v) is 9.03. The summed E-state index contributed by atoms with van der Waals surface area (Å²) in [5, 5.41) is 16.1. The number of anilines is 2. The molecule has 0 spiro atoms. The van der Waals surface area contributed by atoms with Gasteiger partial charge in [-0.15, -0.1) is 0 Å². The predicted molar refractivity (Wildman–Crippen MR) is 147 cm³/mol. The van der Waals surface area contributed by atoms with Gasteiger partial charge in [-0.2, -0.15) is 0 Å². The maximum atomic E-state index is 13.1. The highest BCUT2D eigenvalue weighted by molar-refractivity contribution is 6.17. The van der Waals surface area contributed by atoms with Crippen LogP contribution in [-0.2, 0) is 9.59 Å². The molecule has 0 aliphatic heterocycles. The Balaban J connectivity index is 1.28. The van der Waals surface area contributed by atoms with E-state index in [1.54, 1.807) is 55.8 Å². The summed E-state index contributed by atoms with van der Waals surface area (Å²) >= 11 is 0. The van der Waals surface area contributed by atoms with E-state index < -0.39 is 23.0 Å². The van der Waals surface area contributed by atoms with E-state index in [0.29, 0.717) is 58.0 Å². The number of pyridine rings is 2. The Morgan fingerprint density at radius 3 is 2.18 bits per heavy atom. The number of allylic oxidation sites excluding steroid dienone is 1. The number of hydrogen-bond acceptors (Lipinski definition) is 7. The van der Waals surface area contributed by atoms with Gasteiger partial charge in [0.05, 0.1) is 11.2 Å². The number of aromatic nitrogens is 2. The second-order valence-electron chi connectivity index (χ2n) is 9.03. The van der Waals surface area contributed by atoms with E-state index in [2.05, 4.69) is 25.9 Å². The van der Waals surface area contributed by atoms with Crippen LogP contribution in [0.4, 0.5) is 15.8 Å². The Morgan fingerprint density at radius 2 is 1.59 bits per heavy atom. The highest BCUT2D eigenvalue weighted by Crippen LogP contribution is 2.47. The van der Waals surface area contributed by atoms with Gasteiger partial charge in [0.2, 0.25) is 11.8 Å². The predicted octanol–water partition coefficient (Wildman–Crippen LogP) is 5.13. The maximum absolute atomic E-state index is 13.1. The number of nitrogens with one attached hydrogen (secondary N) is 4. The van der Waals surface area contributed by atoms with E-state index >= 15 is 0 Å². The number of rotatable bonds is 9. The van der Waals surface area contributed by atoms with Crippen molar-refractivity contribution in [3.8, 4) is 11.5 Å². The molecule has 5 rings (SSSR count). The quantitative estimate of drug-likeness (QED) is 0.178. The third kappa shape index (κ3) is 5.45. The molecule has 196 valence electrons. The van der Waals surface area contributed by atoms with Crippen molar-refractivity contribution in [2.24, 2.45) is 5.41 Å². The average Bonchev–Trinajstić information content (AvgIpc) is 3.77. The summed E-state index contributed by atoms with van der Waals surface area (Å²) in [6.45, 7) is 0. The van der Waals surface area contributed by atoms with Crippen molar-refractivity contribution in [3.05, 3.63) is 90.6 Å². The van der Waals surface area contributed by atoms with Gasteiger partial charge in [-0.1, -0.05) is 0 Å². The Hall–Kier alpha value is -5.12. The highest BCUT2D eigenvalue weighted by Gasteiger charge is 2.56. The van der Waals surface area contributed by atoms with Crippen LogP contribution in [0, 0.1) is 16.6 Å². The number of hydrogen-bond donors (Lipinski definition) is 4. The molecule has 0 saturated heterocycles. The van der Waals surface area contributed by atoms with Gasteiger partial charge in [0, 0.05) is 48.7 Å². The van der Waals surface area contributed by atoms with Crippen LogP contribution in [-0.4, -0.2) is 35.0 Å². The number of carbonyl (C=O) groups is 2. The molecule has 2 amide bonds. The fraction of sp³-hybridized carbons (Fsp3) is 0.138. The average molecular weight is 525 g/mol. The first-order valence-corrected chi connectivity index (χ1v) is 12.2. The van der Waals surface area contributed by atoms with Crippen molar-refractivity contribution in [2.75, 3.05) is 17.7 Å². The molecule has 1 saturated carbocycles. The topological polar surface area (TPSA) is 129 Å². The Bertz CT molecular complexity index is 1580. The number of ether oxygens (including phenoxy) is 1. The van der Waals surface area contributed by atoms with Crippen LogP contribution in [0.1, 0.15) is 18.5 Å². The molecule has 9 nitrogen and oxygen atoms in total. The van der Waals surface area contributed by atoms with E-state index in [4.69, 9.17) is 10.1 Å². The van der Waals surface area contributed by atoms with Gasteiger partial charge in [-0.25, -0.2) is 9.37 Å². The summed E-state index contributed by atoms with van der Waals surface area (Å²) in [5.41, 5.74) is 2.18. The van der Waals surface area contributed by atoms with Crippen molar-refractivity contribution >= 4 is 46.0 Å². The van der Waals surface area contributed by atoms with Crippen LogP contribution in [0.3, 0.4) is 0 Å². The lowest BCUT2D eigenvalue weighted by atomic mass is 10.0. The Morgan fingerprint density at radius 1 is 0.949 bits per heavy atom. The van der Waals surface area contributed by atoms with Crippen LogP contribution in [0.5, 0.6) is 11.5 Å². The lowest BCUT2D eigenvalue weighted by Crippen LogP contribution is -2.35. The first kappa shape index (κ1) is 25.5. The summed E-state index contributed by atoms with van der Waals surface area (Å²) in [6, 6.07) is 17.5. The Labute approximate surface area is 223 Å². The molecule has 0 radical (unpaired) electrons. The summed E-state index contributed by atoms with van der Waals surface area (Å²) < 4.78 is 19.2. The number of amides is 2. The van der Waals surface area contributed by atoms with E-state index in [-0.39, 0.29) is 0 Å². The van der Waals surface area contributed by atoms with Crippen molar-refractivity contribution in [2.45, 2.75) is 12.8 Å². The van der Waals surface area contributed by atoms with Gasteiger partial charge in [0.15, 0.2) is 5.75 Å². The molecule has 0 atom stereocenters. The minimum atomic E-state index is -1.15. The van der Waals surface area contributed by atoms with Crippen LogP contribution in [0.25, 0.3) is 16.6 Å². The van der Waals surface area contributed by atoms with Gasteiger partial charge in [0.1, 0.15) is 22.5 Å². The third-order valence-corrected chi connectivity index (χ3v) is 6.36. The molecule has 0 unspecified atom stereocenters. The molecule has 2 aromatic heterocycles. The van der Waals surface area contributed by atoms with Gasteiger partial charge < -0.3 is 26.1 Å². The Kier molecular flexibility index (Phi) is 7.00. The lowest BCUT2D eigenvalue weighted by molar-refractivity contribution is -0.131. The molecular formula is C29H25FN6O3. The van der Waals surface area contributed by atoms with Gasteiger partial charge in [-0.3, -0.25) is 14.6 Å². The fourth-order valence-corrected chi connectivity index (χ4v) is 4.04. The molecule has 2 aromatic carbocycles. The zero-order valence-corrected chi connectivity index (χ0v) is 21.0. The van der Waals surface area contributed by atoms with Crippen molar-refractivity contribution in [1.82, 2.24) is 15.3 Å². The van der Waals surface area contributed by atoms with Crippen molar-refractivity contribution < 1.29 is 18.7 Å². The fourth-order valence-electron chi connectivity index (χ4n) is 4.04. The monoisotopic (exact) mass is 524 g/mol. The largest absolute Gasteiger partial charge is 0.455 e. The van der Waals surface area contributed by atoms with Gasteiger partial charge >= 0.3 is 0 Å². The minimum Gasteiger partial charge on any atom is -0.455 e. The van der Waals surface area contributed by atoms with E-state index in [1.165, 1.54) is 30.5 Å². The zero-order valence-electron chi connectivity index (χ0n) is 21.0. The van der Waals surface area contributed by atoms with Gasteiger partial charge in [-0.05, 0) is 73.5 Å². The molecule has 2 heterocycles. The smallest absolute Gasteiger partial charge is 0.240 e. The molecule has 1 aliphatic rings. The van der Waals surface area contributed by atoms with Crippen molar-refractivity contribution in [1.29, 1.82) is 5.41 Å². The first-order chi connectivity index (χ1) is 18.9. The molecule has 1 fully saturated rings. The zero-order chi connectivity index (χ0) is 27.4. The normalized spacial score (nSPS) is 13.8. The minimum absolute atomic E-state index is 0.399. The lowest BCUT2D eigenvalue weighted by Gasteiger charge is -2.16. The van der Waals surface area contributed by atoms with Crippen molar-refractivity contribution in [3.63, 3.8) is 0 Å². The maximum Gasteiger partial charge on any atom is 0.240 e. The summed E-state index contributed by atoms with van der Waals surface area (Å²) in [6.07, 6.45) is 5.39. The summed E-state index contributed by atoms with van der Waals surface area (Å²) in [4.78, 5) is 34.7. The molecule has 10 heteroatoms. The highest BCUT2D eigenvalue weighted by atomic mass is 19.1. The van der Waals surface area contributed by atoms with Crippen LogP contribution in [0.15, 0.2) is 79.1 Å². The number of fused-ring (bicyclic) bond motifs is 1. The number of benzene rings is 2. The van der Waals surface area contributed by atoms with E-state index in [9.17, 15) is 14.0 Å². The second kappa shape index (κ2) is 10.7. The first-order valence-electron chi connectivity index (χ1n) is 12.2. The number of nitrogens with zero attached hydrogens (tertiary/aromatic N) is 2. The third-order valence-electron chi connectivity index (χ3n) is 6.36. The van der Waals surface area contributed by atoms with Crippen LogP contribution < -0.4 is 20.7 Å². The van der Waals surface area contributed by atoms with E-state index in [1.807, 2.05) is 6.07 Å². The molecule has 0 bridgehead atoms. The van der Waals surface area contributed by atoms with Crippen LogP contribution >= 0.6 is 0 Å². The molecule has 4 aromatic rings. The van der Waals surface area contributed by atoms with Gasteiger partial charge in [0.25, 0.3) is 0 Å². The molecule has 39 heavy (non-hydrogen) atoms. The number of carbonyl (C=O) groups excluding carboxylic acids is 2. The number of halogens is 1. The molecule has 1 aliphatic carbocycles. The van der Waals surface area contributed by atoms with E-state index in [0.717, 1.165) is 0 Å². The SMILES string of the molecule is CN/C=C(\C=N)c1ccc2nccc(Oc3ccc(NC(=O)C4(C(=O)Nc5ccc(F)cc5)CC4)cc3)c2n1. The standard InChI is InChI=1S/C29H25FN6O3/c1-32-17-18(16-31)23-10-11-24-26(36-23)25(12-15-33-24)39-22-8-6-21(7-9-22)35-28(38)29(13-14-29)27(37)34-20-4-2-19(30)3-5-20/h2-12,15-17,31-32H,13-14H2,1H3,(H,34,37)(H,35,38)/b18-17+,31-16?. The molecular weight excluding hydrogens is 499 g/mol. The van der Waals surface area contributed by atoms with Crippen LogP contribution in [0.2, 0.25) is 0 Å². The summed E-state index contributed by atoms with van der Waals surface area (Å²) in [7, 11) is 1.75. The molecule has 4 N–H and O–H groups in total.